The van der Waals surface area contributed by atoms with E-state index >= 15 is 0 Å². The van der Waals surface area contributed by atoms with Gasteiger partial charge in [-0.15, -0.1) is 0 Å². The largest absolute Gasteiger partial charge is 0.461 e. The summed E-state index contributed by atoms with van der Waals surface area (Å²) in [5.41, 5.74) is 0.357. The molecule has 5 nitrogen and oxygen atoms in total. The van der Waals surface area contributed by atoms with Crippen LogP contribution in [0.5, 0.6) is 0 Å². The molecule has 166 valence electrons. The second kappa shape index (κ2) is 8.96. The maximum Gasteiger partial charge on any atom is 0.394 e. The molecule has 0 unspecified atom stereocenters. The van der Waals surface area contributed by atoms with Gasteiger partial charge in [0.25, 0.3) is 0 Å². The van der Waals surface area contributed by atoms with Gasteiger partial charge in [-0.2, -0.15) is 18.3 Å². The van der Waals surface area contributed by atoms with Gasteiger partial charge in [0.2, 0.25) is 0 Å². The lowest BCUT2D eigenvalue weighted by Crippen LogP contribution is -2.34. The number of carbonyl (C=O) groups is 1. The Morgan fingerprint density at radius 3 is 2.40 bits per heavy atom. The topological polar surface area (TPSA) is 57.0 Å². The van der Waals surface area contributed by atoms with Crippen LogP contribution < -0.4 is 0 Å². The quantitative estimate of drug-likeness (QED) is 0.487. The Balaban J connectivity index is 2.59. The molecule has 0 fully saturated rings. The normalized spacial score (nSPS) is 12.5. The molecule has 0 saturated heterocycles. The minimum absolute atomic E-state index is 0.00681. The molecule has 30 heavy (non-hydrogen) atoms. The molecular formula is C21H27ClF3N3O2. The maximum absolute atomic E-state index is 13.3. The van der Waals surface area contributed by atoms with Crippen LogP contribution in [0, 0.1) is 5.41 Å². The number of rotatable bonds is 7. The zero-order chi connectivity index (χ0) is 22.9. The molecule has 0 spiro atoms. The third-order valence-electron chi connectivity index (χ3n) is 4.92. The summed E-state index contributed by atoms with van der Waals surface area (Å²) in [6, 6.07) is 1.68. The zero-order valence-corrected chi connectivity index (χ0v) is 18.8. The van der Waals surface area contributed by atoms with E-state index in [-0.39, 0.29) is 29.7 Å². The SMILES string of the molecule is CCOC(=O)c1nn(CC)c(-c2cnc(CC(C)(C)C(F)(F)F)cc2C(C)C)c1Cl. The number of hydrogen-bond acceptors (Lipinski definition) is 4. The van der Waals surface area contributed by atoms with Crippen LogP contribution in [0.1, 0.15) is 69.2 Å². The van der Waals surface area contributed by atoms with Crippen molar-refractivity contribution in [2.75, 3.05) is 6.61 Å². The van der Waals surface area contributed by atoms with Crippen LogP contribution in [0.25, 0.3) is 11.3 Å². The molecule has 0 aliphatic rings. The van der Waals surface area contributed by atoms with Gasteiger partial charge in [-0.3, -0.25) is 9.67 Å². The summed E-state index contributed by atoms with van der Waals surface area (Å²) in [7, 11) is 0. The van der Waals surface area contributed by atoms with Gasteiger partial charge in [0, 0.05) is 30.4 Å². The Hall–Kier alpha value is -2.09. The number of carbonyl (C=O) groups excluding carboxylic acids is 1. The number of nitrogens with zero attached hydrogens (tertiary/aromatic N) is 3. The van der Waals surface area contributed by atoms with E-state index in [1.54, 1.807) is 17.7 Å². The highest BCUT2D eigenvalue weighted by Gasteiger charge is 2.47. The molecule has 0 atom stereocenters. The van der Waals surface area contributed by atoms with Gasteiger partial charge in [-0.25, -0.2) is 4.79 Å². The fourth-order valence-electron chi connectivity index (χ4n) is 3.10. The number of esters is 1. The fourth-order valence-corrected chi connectivity index (χ4v) is 3.41. The van der Waals surface area contributed by atoms with Crippen molar-refractivity contribution in [2.45, 2.75) is 66.6 Å². The average molecular weight is 446 g/mol. The maximum atomic E-state index is 13.3. The third kappa shape index (κ3) is 4.79. The van der Waals surface area contributed by atoms with E-state index in [1.165, 1.54) is 6.20 Å². The molecule has 0 N–H and O–H groups in total. The second-order valence-electron chi connectivity index (χ2n) is 8.02. The smallest absolute Gasteiger partial charge is 0.394 e. The molecule has 0 bridgehead atoms. The summed E-state index contributed by atoms with van der Waals surface area (Å²) in [5.74, 6) is -0.642. The molecule has 0 amide bonds. The lowest BCUT2D eigenvalue weighted by atomic mass is 9.85. The van der Waals surface area contributed by atoms with E-state index in [9.17, 15) is 18.0 Å². The van der Waals surface area contributed by atoms with Gasteiger partial charge in [0.1, 0.15) is 5.02 Å². The third-order valence-corrected chi connectivity index (χ3v) is 5.28. The van der Waals surface area contributed by atoms with Crippen molar-refractivity contribution in [3.63, 3.8) is 0 Å². The number of aryl methyl sites for hydroxylation is 1. The van der Waals surface area contributed by atoms with Gasteiger partial charge in [-0.05, 0) is 31.4 Å². The first-order valence-corrected chi connectivity index (χ1v) is 10.2. The van der Waals surface area contributed by atoms with Crippen LogP contribution in [-0.2, 0) is 17.7 Å². The Labute approximate surface area is 179 Å². The van der Waals surface area contributed by atoms with Crippen molar-refractivity contribution < 1.29 is 22.7 Å². The van der Waals surface area contributed by atoms with Crippen molar-refractivity contribution in [2.24, 2.45) is 5.41 Å². The number of ether oxygens (including phenoxy) is 1. The molecule has 0 aliphatic carbocycles. The number of alkyl halides is 3. The number of aromatic nitrogens is 3. The molecule has 2 aromatic rings. The van der Waals surface area contributed by atoms with Crippen LogP contribution in [0.3, 0.4) is 0 Å². The minimum Gasteiger partial charge on any atom is -0.461 e. The molecule has 2 heterocycles. The summed E-state index contributed by atoms with van der Waals surface area (Å²) in [4.78, 5) is 16.5. The molecular weight excluding hydrogens is 419 g/mol. The number of hydrogen-bond donors (Lipinski definition) is 0. The highest BCUT2D eigenvalue weighted by atomic mass is 35.5. The van der Waals surface area contributed by atoms with E-state index < -0.39 is 17.6 Å². The van der Waals surface area contributed by atoms with Gasteiger partial charge in [0.15, 0.2) is 5.69 Å². The van der Waals surface area contributed by atoms with Crippen molar-refractivity contribution >= 4 is 17.6 Å². The van der Waals surface area contributed by atoms with Gasteiger partial charge in [-0.1, -0.05) is 39.3 Å². The number of pyridine rings is 1. The Kier molecular flexibility index (Phi) is 7.22. The van der Waals surface area contributed by atoms with Crippen LogP contribution in [0.2, 0.25) is 5.02 Å². The Morgan fingerprint density at radius 1 is 1.27 bits per heavy atom. The molecule has 2 aromatic heterocycles. The Bertz CT molecular complexity index is 921. The van der Waals surface area contributed by atoms with Crippen molar-refractivity contribution in [3.05, 3.63) is 34.2 Å². The predicted molar refractivity (Wildman–Crippen MR) is 110 cm³/mol. The standard InChI is InChI=1S/C21H27ClF3N3O2/c1-7-28-18(16(22)17(27-28)19(29)30-8-2)15-11-26-13(9-14(15)12(3)4)10-20(5,6)21(23,24)25/h9,11-12H,7-8,10H2,1-6H3. The molecule has 0 aliphatic heterocycles. The van der Waals surface area contributed by atoms with Crippen LogP contribution >= 0.6 is 11.6 Å². The predicted octanol–water partition coefficient (Wildman–Crippen LogP) is 6.05. The fraction of sp³-hybridized carbons (Fsp3) is 0.571. The molecule has 0 saturated carbocycles. The zero-order valence-electron chi connectivity index (χ0n) is 18.0. The van der Waals surface area contributed by atoms with Gasteiger partial charge in [0.05, 0.1) is 17.7 Å². The monoisotopic (exact) mass is 445 g/mol. The summed E-state index contributed by atoms with van der Waals surface area (Å²) in [6.45, 7) is 10.4. The lowest BCUT2D eigenvalue weighted by Gasteiger charge is -2.27. The van der Waals surface area contributed by atoms with Crippen molar-refractivity contribution in [1.82, 2.24) is 14.8 Å². The van der Waals surface area contributed by atoms with Crippen LogP contribution in [0.4, 0.5) is 13.2 Å². The first-order valence-electron chi connectivity index (χ1n) is 9.83. The molecule has 0 radical (unpaired) electrons. The molecule has 9 heteroatoms. The van der Waals surface area contributed by atoms with E-state index in [0.717, 1.165) is 19.4 Å². The van der Waals surface area contributed by atoms with E-state index in [2.05, 4.69) is 10.1 Å². The highest BCUT2D eigenvalue weighted by molar-refractivity contribution is 6.35. The summed E-state index contributed by atoms with van der Waals surface area (Å²) in [6.07, 6.45) is -3.07. The van der Waals surface area contributed by atoms with E-state index in [1.807, 2.05) is 20.8 Å². The molecule has 0 aromatic carbocycles. The first kappa shape index (κ1) is 24.2. The van der Waals surface area contributed by atoms with Crippen LogP contribution in [-0.4, -0.2) is 33.5 Å². The molecule has 2 rings (SSSR count). The summed E-state index contributed by atoms with van der Waals surface area (Å²) in [5, 5.41) is 4.41. The van der Waals surface area contributed by atoms with Gasteiger partial charge >= 0.3 is 12.1 Å². The van der Waals surface area contributed by atoms with Crippen LogP contribution in [0.15, 0.2) is 12.3 Å². The van der Waals surface area contributed by atoms with Crippen molar-refractivity contribution in [1.29, 1.82) is 0 Å². The number of halogens is 4. The van der Waals surface area contributed by atoms with Crippen molar-refractivity contribution in [3.8, 4) is 11.3 Å². The first-order chi connectivity index (χ1) is 13.8. The van der Waals surface area contributed by atoms with E-state index in [0.29, 0.717) is 23.5 Å². The van der Waals surface area contributed by atoms with E-state index in [4.69, 9.17) is 16.3 Å². The minimum atomic E-state index is -4.34. The highest BCUT2D eigenvalue weighted by Crippen LogP contribution is 2.41. The summed E-state index contributed by atoms with van der Waals surface area (Å²) >= 11 is 6.50. The second-order valence-corrected chi connectivity index (χ2v) is 8.40. The van der Waals surface area contributed by atoms with Gasteiger partial charge < -0.3 is 4.74 Å². The Morgan fingerprint density at radius 2 is 1.90 bits per heavy atom. The lowest BCUT2D eigenvalue weighted by molar-refractivity contribution is -0.211. The average Bonchev–Trinajstić information content (AvgIpc) is 2.97. The summed E-state index contributed by atoms with van der Waals surface area (Å²) < 4.78 is 46.5.